The van der Waals surface area contributed by atoms with E-state index in [9.17, 15) is 13.6 Å². The SMILES string of the molecule is CCC(C(=O)Nc1nccc2c(C3=NC(Nc4cccc(SC)c4F)NC=C3F)c[nH]c12)N1CCN(C)CC1. The van der Waals surface area contributed by atoms with Crippen molar-refractivity contribution in [3.63, 3.8) is 0 Å². The first-order valence-corrected chi connectivity index (χ1v) is 14.1. The molecule has 0 radical (unpaired) electrons. The normalized spacial score (nSPS) is 19.3. The van der Waals surface area contributed by atoms with Crippen LogP contribution in [0.25, 0.3) is 10.9 Å². The van der Waals surface area contributed by atoms with Crippen LogP contribution in [0.15, 0.2) is 58.6 Å². The number of halogens is 2. The molecule has 0 saturated carbocycles. The summed E-state index contributed by atoms with van der Waals surface area (Å²) in [4.78, 5) is 30.2. The van der Waals surface area contributed by atoms with E-state index < -0.39 is 12.1 Å². The zero-order valence-corrected chi connectivity index (χ0v) is 22.9. The number of anilines is 2. The number of hydrogen-bond donors (Lipinski definition) is 4. The lowest BCUT2D eigenvalue weighted by Gasteiger charge is -2.36. The highest BCUT2D eigenvalue weighted by Crippen LogP contribution is 2.29. The number of nitrogens with zero attached hydrogens (tertiary/aromatic N) is 4. The molecule has 9 nitrogen and oxygen atoms in total. The molecular weight excluding hydrogens is 522 g/mol. The number of nitrogens with one attached hydrogen (secondary N) is 4. The molecule has 0 spiro atoms. The zero-order chi connectivity index (χ0) is 27.5. The van der Waals surface area contributed by atoms with E-state index in [1.165, 1.54) is 18.0 Å². The van der Waals surface area contributed by atoms with Crippen LogP contribution < -0.4 is 16.0 Å². The van der Waals surface area contributed by atoms with E-state index in [2.05, 4.69) is 47.8 Å². The van der Waals surface area contributed by atoms with Gasteiger partial charge in [0.1, 0.15) is 5.71 Å². The number of carbonyl (C=O) groups is 1. The van der Waals surface area contributed by atoms with E-state index in [1.54, 1.807) is 42.9 Å². The predicted octanol–water partition coefficient (Wildman–Crippen LogP) is 3.99. The van der Waals surface area contributed by atoms with Crippen LogP contribution in [0, 0.1) is 5.82 Å². The Kier molecular flexibility index (Phi) is 8.15. The molecule has 0 bridgehead atoms. The molecule has 206 valence electrons. The van der Waals surface area contributed by atoms with Crippen LogP contribution in [-0.2, 0) is 4.79 Å². The minimum absolute atomic E-state index is 0.103. The fourth-order valence-corrected chi connectivity index (χ4v) is 5.44. The summed E-state index contributed by atoms with van der Waals surface area (Å²) in [6.45, 7) is 5.49. The average Bonchev–Trinajstić information content (AvgIpc) is 3.37. The summed E-state index contributed by atoms with van der Waals surface area (Å²) in [6.07, 6.45) is 6.12. The fraction of sp³-hybridized carbons (Fsp3) is 0.370. The van der Waals surface area contributed by atoms with Crippen LogP contribution >= 0.6 is 11.8 Å². The molecule has 0 aliphatic carbocycles. The standard InChI is InChI=1S/C27H32F2N8OS/c1-4-20(37-12-10-36(2)11-13-37)26(38)35-25-24-16(8-9-30-25)17(14-31-24)23-18(28)15-32-27(34-23)33-19-6-5-7-21(39-3)22(19)29/h5-9,14-15,20,27,31-33H,4,10-13H2,1-3H3,(H,30,35,38). The number of carbonyl (C=O) groups excluding carboxylic acids is 1. The second-order valence-electron chi connectivity index (χ2n) is 9.54. The third-order valence-electron chi connectivity index (χ3n) is 7.09. The van der Waals surface area contributed by atoms with Gasteiger partial charge in [0.05, 0.1) is 17.2 Å². The summed E-state index contributed by atoms with van der Waals surface area (Å²) in [6, 6.07) is 6.53. The number of aromatic amines is 1. The van der Waals surface area contributed by atoms with Crippen molar-refractivity contribution in [2.45, 2.75) is 30.6 Å². The van der Waals surface area contributed by atoms with Gasteiger partial charge < -0.3 is 25.8 Å². The van der Waals surface area contributed by atoms with Crippen LogP contribution in [0.1, 0.15) is 18.9 Å². The topological polar surface area (TPSA) is 101 Å². The number of H-pyrrole nitrogens is 1. The van der Waals surface area contributed by atoms with Gasteiger partial charge in [0.25, 0.3) is 0 Å². The summed E-state index contributed by atoms with van der Waals surface area (Å²) in [7, 11) is 2.08. The summed E-state index contributed by atoms with van der Waals surface area (Å²) >= 11 is 1.30. The molecule has 3 aromatic rings. The summed E-state index contributed by atoms with van der Waals surface area (Å²) in [5, 5.41) is 9.44. The maximum absolute atomic E-state index is 15.0. The number of piperazine rings is 1. The number of aromatic nitrogens is 2. The van der Waals surface area contributed by atoms with Crippen LogP contribution in [0.5, 0.6) is 0 Å². The number of fused-ring (bicyclic) bond motifs is 1. The maximum atomic E-state index is 15.0. The second-order valence-corrected chi connectivity index (χ2v) is 10.4. The lowest BCUT2D eigenvalue weighted by atomic mass is 10.1. The molecule has 39 heavy (non-hydrogen) atoms. The van der Waals surface area contributed by atoms with Gasteiger partial charge in [-0.15, -0.1) is 11.8 Å². The molecule has 4 N–H and O–H groups in total. The van der Waals surface area contributed by atoms with Crippen molar-refractivity contribution in [3.8, 4) is 0 Å². The highest BCUT2D eigenvalue weighted by atomic mass is 32.2. The van der Waals surface area contributed by atoms with Crippen LogP contribution in [0.2, 0.25) is 0 Å². The van der Waals surface area contributed by atoms with Crippen LogP contribution in [0.4, 0.5) is 20.3 Å². The van der Waals surface area contributed by atoms with Gasteiger partial charge in [-0.3, -0.25) is 9.69 Å². The smallest absolute Gasteiger partial charge is 0.242 e. The van der Waals surface area contributed by atoms with Crippen molar-refractivity contribution in [2.24, 2.45) is 4.99 Å². The average molecular weight is 555 g/mol. The van der Waals surface area contributed by atoms with Gasteiger partial charge in [0, 0.05) is 60.6 Å². The van der Waals surface area contributed by atoms with Gasteiger partial charge in [0.15, 0.2) is 23.8 Å². The molecule has 2 atom stereocenters. The summed E-state index contributed by atoms with van der Waals surface area (Å²) in [5.74, 6) is -0.696. The summed E-state index contributed by atoms with van der Waals surface area (Å²) < 4.78 is 29.7. The van der Waals surface area contributed by atoms with Crippen molar-refractivity contribution in [1.29, 1.82) is 0 Å². The Bertz CT molecular complexity index is 1420. The number of benzene rings is 1. The van der Waals surface area contributed by atoms with E-state index in [0.717, 1.165) is 26.2 Å². The number of allylic oxidation sites excluding steroid dienone is 1. The highest BCUT2D eigenvalue weighted by molar-refractivity contribution is 7.98. The molecule has 1 fully saturated rings. The maximum Gasteiger partial charge on any atom is 0.242 e. The van der Waals surface area contributed by atoms with Gasteiger partial charge >= 0.3 is 0 Å². The Morgan fingerprint density at radius 2 is 2.03 bits per heavy atom. The first-order chi connectivity index (χ1) is 18.9. The number of thioether (sulfide) groups is 1. The predicted molar refractivity (Wildman–Crippen MR) is 152 cm³/mol. The number of amides is 1. The van der Waals surface area contributed by atoms with Crippen molar-refractivity contribution in [2.75, 3.05) is 50.1 Å². The Morgan fingerprint density at radius 1 is 1.23 bits per heavy atom. The first-order valence-electron chi connectivity index (χ1n) is 12.9. The zero-order valence-electron chi connectivity index (χ0n) is 22.1. The molecular formula is C27H32F2N8OS. The summed E-state index contributed by atoms with van der Waals surface area (Å²) in [5.41, 5.74) is 1.45. The van der Waals surface area contributed by atoms with E-state index in [1.807, 2.05) is 6.92 Å². The van der Waals surface area contributed by atoms with Gasteiger partial charge in [-0.05, 0) is 37.9 Å². The van der Waals surface area contributed by atoms with E-state index in [-0.39, 0.29) is 29.2 Å². The Morgan fingerprint density at radius 3 is 2.77 bits per heavy atom. The molecule has 2 unspecified atom stereocenters. The van der Waals surface area contributed by atoms with Crippen molar-refractivity contribution >= 4 is 45.8 Å². The lowest BCUT2D eigenvalue weighted by Crippen LogP contribution is -2.52. The van der Waals surface area contributed by atoms with Crippen LogP contribution in [-0.4, -0.2) is 83.2 Å². The monoisotopic (exact) mass is 554 g/mol. The van der Waals surface area contributed by atoms with E-state index >= 15 is 0 Å². The minimum atomic E-state index is -0.786. The Labute approximate surface area is 230 Å². The first kappa shape index (κ1) is 27.1. The van der Waals surface area contributed by atoms with Gasteiger partial charge in [0.2, 0.25) is 5.91 Å². The van der Waals surface area contributed by atoms with Gasteiger partial charge in [-0.1, -0.05) is 13.0 Å². The Balaban J connectivity index is 1.38. The molecule has 5 rings (SSSR count). The molecule has 1 aromatic carbocycles. The quantitative estimate of drug-likeness (QED) is 0.313. The molecule has 1 amide bonds. The van der Waals surface area contributed by atoms with Crippen LogP contribution in [0.3, 0.4) is 0 Å². The molecule has 2 aromatic heterocycles. The second kappa shape index (κ2) is 11.7. The van der Waals surface area contributed by atoms with E-state index in [0.29, 0.717) is 33.6 Å². The minimum Gasteiger partial charge on any atom is -0.357 e. The molecule has 1 saturated heterocycles. The molecule has 2 aliphatic heterocycles. The highest BCUT2D eigenvalue weighted by Gasteiger charge is 2.28. The van der Waals surface area contributed by atoms with Crippen molar-refractivity contribution in [3.05, 3.63) is 60.1 Å². The number of rotatable bonds is 8. The van der Waals surface area contributed by atoms with Crippen molar-refractivity contribution < 1.29 is 13.6 Å². The van der Waals surface area contributed by atoms with Gasteiger partial charge in [-0.2, -0.15) is 0 Å². The third kappa shape index (κ3) is 5.63. The molecule has 12 heteroatoms. The third-order valence-corrected chi connectivity index (χ3v) is 7.85. The number of likely N-dealkylation sites (N-methyl/N-ethyl adjacent to an activating group) is 1. The lowest BCUT2D eigenvalue weighted by molar-refractivity contribution is -0.122. The number of aliphatic imine (C=N–C) groups is 1. The molecule has 2 aliphatic rings. The van der Waals surface area contributed by atoms with Crippen molar-refractivity contribution in [1.82, 2.24) is 25.1 Å². The van der Waals surface area contributed by atoms with E-state index in [4.69, 9.17) is 0 Å². The number of pyridine rings is 1. The molecule has 4 heterocycles. The largest absolute Gasteiger partial charge is 0.357 e. The Hall–Kier alpha value is -3.48. The number of hydrogen-bond acceptors (Lipinski definition) is 8. The fourth-order valence-electron chi connectivity index (χ4n) is 4.94. The van der Waals surface area contributed by atoms with Gasteiger partial charge in [-0.25, -0.2) is 18.8 Å².